The largest absolute Gasteiger partial charge is 0.491 e. The van der Waals surface area contributed by atoms with E-state index in [1.54, 1.807) is 12.1 Å². The molecule has 2 nitrogen and oxygen atoms in total. The molecule has 1 saturated heterocycles. The van der Waals surface area contributed by atoms with E-state index in [1.807, 2.05) is 0 Å². The van der Waals surface area contributed by atoms with Gasteiger partial charge < -0.3 is 9.47 Å². The van der Waals surface area contributed by atoms with E-state index in [4.69, 9.17) is 9.47 Å². The number of rotatable bonds is 3. The standard InChI is InChI=1S/C12H14BrFO2/c1-8-2-3-10(16-8)7-15-9-4-5-12(14)11(13)6-9/h4-6,8,10H,2-3,7H2,1H3. The highest BCUT2D eigenvalue weighted by Crippen LogP contribution is 2.24. The summed E-state index contributed by atoms with van der Waals surface area (Å²) in [5.41, 5.74) is 0. The van der Waals surface area contributed by atoms with Crippen molar-refractivity contribution in [3.05, 3.63) is 28.5 Å². The van der Waals surface area contributed by atoms with Gasteiger partial charge in [0, 0.05) is 0 Å². The van der Waals surface area contributed by atoms with Gasteiger partial charge in [-0.05, 0) is 53.9 Å². The molecular formula is C12H14BrFO2. The summed E-state index contributed by atoms with van der Waals surface area (Å²) in [5, 5.41) is 0. The fourth-order valence-corrected chi connectivity index (χ4v) is 2.12. The minimum absolute atomic E-state index is 0.166. The van der Waals surface area contributed by atoms with Gasteiger partial charge in [-0.25, -0.2) is 4.39 Å². The molecule has 0 spiro atoms. The second-order valence-corrected chi connectivity index (χ2v) is 4.89. The van der Waals surface area contributed by atoms with Gasteiger partial charge in [-0.3, -0.25) is 0 Å². The molecule has 1 aromatic rings. The highest BCUT2D eigenvalue weighted by atomic mass is 79.9. The Labute approximate surface area is 103 Å². The lowest BCUT2D eigenvalue weighted by atomic mass is 10.2. The quantitative estimate of drug-likeness (QED) is 0.847. The molecule has 1 fully saturated rings. The summed E-state index contributed by atoms with van der Waals surface area (Å²) in [7, 11) is 0. The Bertz CT molecular complexity index is 370. The van der Waals surface area contributed by atoms with Gasteiger partial charge in [0.15, 0.2) is 0 Å². The second-order valence-electron chi connectivity index (χ2n) is 4.03. The third kappa shape index (κ3) is 2.95. The van der Waals surface area contributed by atoms with Crippen molar-refractivity contribution in [2.24, 2.45) is 0 Å². The summed E-state index contributed by atoms with van der Waals surface area (Å²) in [6.45, 7) is 2.59. The van der Waals surface area contributed by atoms with Crippen molar-refractivity contribution in [1.82, 2.24) is 0 Å². The first-order valence-corrected chi connectivity index (χ1v) is 6.18. The fourth-order valence-electron chi connectivity index (χ4n) is 1.76. The average molecular weight is 289 g/mol. The number of halogens is 2. The molecule has 2 atom stereocenters. The van der Waals surface area contributed by atoms with Gasteiger partial charge in [0.1, 0.15) is 18.2 Å². The molecule has 1 aromatic carbocycles. The highest BCUT2D eigenvalue weighted by Gasteiger charge is 2.22. The summed E-state index contributed by atoms with van der Waals surface area (Å²) in [6, 6.07) is 4.64. The van der Waals surface area contributed by atoms with Gasteiger partial charge in [0.25, 0.3) is 0 Å². The zero-order valence-electron chi connectivity index (χ0n) is 9.08. The molecule has 0 bridgehead atoms. The molecule has 1 heterocycles. The lowest BCUT2D eigenvalue weighted by Crippen LogP contribution is -2.17. The Morgan fingerprint density at radius 3 is 2.94 bits per heavy atom. The first-order valence-electron chi connectivity index (χ1n) is 5.38. The van der Waals surface area contributed by atoms with E-state index in [-0.39, 0.29) is 11.9 Å². The zero-order chi connectivity index (χ0) is 11.5. The van der Waals surface area contributed by atoms with Crippen LogP contribution in [0.15, 0.2) is 22.7 Å². The predicted molar refractivity (Wildman–Crippen MR) is 63.2 cm³/mol. The summed E-state index contributed by atoms with van der Waals surface area (Å²) in [5.74, 6) is 0.384. The number of ether oxygens (including phenoxy) is 2. The SMILES string of the molecule is CC1CCC(COc2ccc(F)c(Br)c2)O1. The van der Waals surface area contributed by atoms with E-state index in [2.05, 4.69) is 22.9 Å². The highest BCUT2D eigenvalue weighted by molar-refractivity contribution is 9.10. The Hall–Kier alpha value is -0.610. The van der Waals surface area contributed by atoms with E-state index < -0.39 is 0 Å². The normalized spacial score (nSPS) is 24.7. The van der Waals surface area contributed by atoms with Crippen LogP contribution in [0.4, 0.5) is 4.39 Å². The Balaban J connectivity index is 1.87. The molecule has 0 aliphatic carbocycles. The maximum atomic E-state index is 13.0. The topological polar surface area (TPSA) is 18.5 Å². The predicted octanol–water partition coefficient (Wildman–Crippen LogP) is 3.53. The summed E-state index contributed by atoms with van der Waals surface area (Å²) in [6.07, 6.45) is 2.61. The number of hydrogen-bond donors (Lipinski definition) is 0. The summed E-state index contributed by atoms with van der Waals surface area (Å²) < 4.78 is 24.6. The lowest BCUT2D eigenvalue weighted by molar-refractivity contribution is 0.0264. The van der Waals surface area contributed by atoms with Crippen LogP contribution in [0.3, 0.4) is 0 Å². The first kappa shape index (κ1) is 11.9. The molecule has 0 amide bonds. The molecule has 0 N–H and O–H groups in total. The van der Waals surface area contributed by atoms with Crippen LogP contribution in [-0.4, -0.2) is 18.8 Å². The third-order valence-electron chi connectivity index (χ3n) is 2.65. The smallest absolute Gasteiger partial charge is 0.137 e. The summed E-state index contributed by atoms with van der Waals surface area (Å²) >= 11 is 3.12. The van der Waals surface area contributed by atoms with Crippen molar-refractivity contribution < 1.29 is 13.9 Å². The number of hydrogen-bond acceptors (Lipinski definition) is 2. The first-order chi connectivity index (χ1) is 7.65. The molecule has 2 rings (SSSR count). The van der Waals surface area contributed by atoms with Crippen LogP contribution < -0.4 is 4.74 Å². The molecule has 2 unspecified atom stereocenters. The average Bonchev–Trinajstić information content (AvgIpc) is 2.66. The van der Waals surface area contributed by atoms with Crippen molar-refractivity contribution in [2.45, 2.75) is 32.0 Å². The monoisotopic (exact) mass is 288 g/mol. The maximum absolute atomic E-state index is 13.0. The molecule has 0 aromatic heterocycles. The minimum atomic E-state index is -0.280. The van der Waals surface area contributed by atoms with Crippen LogP contribution in [0, 0.1) is 5.82 Å². The van der Waals surface area contributed by atoms with E-state index in [9.17, 15) is 4.39 Å². The van der Waals surface area contributed by atoms with Gasteiger partial charge in [-0.1, -0.05) is 0 Å². The fraction of sp³-hybridized carbons (Fsp3) is 0.500. The zero-order valence-corrected chi connectivity index (χ0v) is 10.7. The lowest BCUT2D eigenvalue weighted by Gasteiger charge is -2.12. The van der Waals surface area contributed by atoms with Gasteiger partial charge in [-0.15, -0.1) is 0 Å². The van der Waals surface area contributed by atoms with Crippen LogP contribution in [0.25, 0.3) is 0 Å². The van der Waals surface area contributed by atoms with Gasteiger partial charge >= 0.3 is 0 Å². The summed E-state index contributed by atoms with van der Waals surface area (Å²) in [4.78, 5) is 0. The number of benzene rings is 1. The second kappa shape index (κ2) is 5.15. The molecule has 4 heteroatoms. The Kier molecular flexibility index (Phi) is 3.82. The Morgan fingerprint density at radius 1 is 1.50 bits per heavy atom. The molecule has 1 aliphatic heterocycles. The van der Waals surface area contributed by atoms with Gasteiger partial charge in [0.2, 0.25) is 0 Å². The molecule has 16 heavy (non-hydrogen) atoms. The van der Waals surface area contributed by atoms with Crippen molar-refractivity contribution in [1.29, 1.82) is 0 Å². The molecule has 0 saturated carbocycles. The van der Waals surface area contributed by atoms with Gasteiger partial charge in [0.05, 0.1) is 16.7 Å². The minimum Gasteiger partial charge on any atom is -0.491 e. The van der Waals surface area contributed by atoms with Crippen molar-refractivity contribution in [3.63, 3.8) is 0 Å². The van der Waals surface area contributed by atoms with E-state index in [0.29, 0.717) is 22.9 Å². The van der Waals surface area contributed by atoms with Gasteiger partial charge in [-0.2, -0.15) is 0 Å². The van der Waals surface area contributed by atoms with E-state index >= 15 is 0 Å². The van der Waals surface area contributed by atoms with Crippen LogP contribution in [-0.2, 0) is 4.74 Å². The van der Waals surface area contributed by atoms with E-state index in [1.165, 1.54) is 6.07 Å². The molecule has 0 radical (unpaired) electrons. The van der Waals surface area contributed by atoms with Crippen molar-refractivity contribution >= 4 is 15.9 Å². The molecule has 1 aliphatic rings. The van der Waals surface area contributed by atoms with Crippen LogP contribution >= 0.6 is 15.9 Å². The third-order valence-corrected chi connectivity index (χ3v) is 3.25. The van der Waals surface area contributed by atoms with E-state index in [0.717, 1.165) is 12.8 Å². The van der Waals surface area contributed by atoms with Crippen molar-refractivity contribution in [3.8, 4) is 5.75 Å². The van der Waals surface area contributed by atoms with Crippen molar-refractivity contribution in [2.75, 3.05) is 6.61 Å². The molecule has 88 valence electrons. The Morgan fingerprint density at radius 2 is 2.31 bits per heavy atom. The van der Waals surface area contributed by atoms with Crippen LogP contribution in [0.2, 0.25) is 0 Å². The maximum Gasteiger partial charge on any atom is 0.137 e. The van der Waals surface area contributed by atoms with Crippen LogP contribution in [0.5, 0.6) is 5.75 Å². The van der Waals surface area contributed by atoms with Crippen LogP contribution in [0.1, 0.15) is 19.8 Å². The molecular weight excluding hydrogens is 275 g/mol.